The number of rotatable bonds is 3. The Bertz CT molecular complexity index is 415. The number of benzene rings is 1. The van der Waals surface area contributed by atoms with E-state index in [4.69, 9.17) is 0 Å². The van der Waals surface area contributed by atoms with Crippen molar-refractivity contribution in [3.05, 3.63) is 35.4 Å². The van der Waals surface area contributed by atoms with Crippen molar-refractivity contribution >= 4 is 5.78 Å². The lowest BCUT2D eigenvalue weighted by atomic mass is 9.90. The fourth-order valence-corrected chi connectivity index (χ4v) is 3.51. The number of aryl methyl sites for hydroxylation is 1. The molecule has 0 heterocycles. The molecule has 0 radical (unpaired) electrons. The molecule has 2 aliphatic carbocycles. The van der Waals surface area contributed by atoms with Gasteiger partial charge < -0.3 is 0 Å². The average molecular weight is 228 g/mol. The van der Waals surface area contributed by atoms with Gasteiger partial charge in [0.25, 0.3) is 0 Å². The molecule has 1 saturated carbocycles. The third-order valence-corrected chi connectivity index (χ3v) is 4.52. The predicted octanol–water partition coefficient (Wildman–Crippen LogP) is 3.87. The maximum Gasteiger partial charge on any atom is 0.136 e. The number of fused-ring (bicyclic) bond motifs is 1. The van der Waals surface area contributed by atoms with Crippen LogP contribution in [0.3, 0.4) is 0 Å². The van der Waals surface area contributed by atoms with Crippen LogP contribution in [0.5, 0.6) is 0 Å². The SMILES string of the molecule is O=C(CC1CCc2ccccc21)C1CCCC1. The monoisotopic (exact) mass is 228 g/mol. The summed E-state index contributed by atoms with van der Waals surface area (Å²) in [6.07, 6.45) is 7.95. The Labute approximate surface area is 103 Å². The van der Waals surface area contributed by atoms with Gasteiger partial charge in [0, 0.05) is 12.3 Å². The van der Waals surface area contributed by atoms with E-state index in [-0.39, 0.29) is 0 Å². The molecule has 0 N–H and O–H groups in total. The quantitative estimate of drug-likeness (QED) is 0.767. The van der Waals surface area contributed by atoms with Crippen LogP contribution in [0.15, 0.2) is 24.3 Å². The van der Waals surface area contributed by atoms with Crippen molar-refractivity contribution in [1.82, 2.24) is 0 Å². The first-order valence-corrected chi connectivity index (χ1v) is 6.95. The van der Waals surface area contributed by atoms with Gasteiger partial charge in [-0.2, -0.15) is 0 Å². The van der Waals surface area contributed by atoms with Crippen LogP contribution in [0.4, 0.5) is 0 Å². The molecule has 0 amide bonds. The summed E-state index contributed by atoms with van der Waals surface area (Å²) in [7, 11) is 0. The van der Waals surface area contributed by atoms with E-state index in [0.29, 0.717) is 17.6 Å². The van der Waals surface area contributed by atoms with Crippen LogP contribution in [0.2, 0.25) is 0 Å². The molecule has 1 aromatic carbocycles. The summed E-state index contributed by atoms with van der Waals surface area (Å²) < 4.78 is 0. The Kier molecular flexibility index (Phi) is 3.00. The summed E-state index contributed by atoms with van der Waals surface area (Å²) in [5.74, 6) is 1.44. The van der Waals surface area contributed by atoms with E-state index in [2.05, 4.69) is 24.3 Å². The van der Waals surface area contributed by atoms with Crippen LogP contribution in [0.25, 0.3) is 0 Å². The second-order valence-corrected chi connectivity index (χ2v) is 5.59. The largest absolute Gasteiger partial charge is 0.299 e. The molecular formula is C16H20O. The standard InChI is InChI=1S/C16H20O/c17-16(13-6-1-2-7-13)11-14-10-9-12-5-3-4-8-15(12)14/h3-5,8,13-14H,1-2,6-7,9-11H2. The van der Waals surface area contributed by atoms with Gasteiger partial charge in [-0.05, 0) is 42.7 Å². The molecule has 0 spiro atoms. The van der Waals surface area contributed by atoms with Gasteiger partial charge in [-0.3, -0.25) is 4.79 Å². The zero-order valence-corrected chi connectivity index (χ0v) is 10.3. The molecule has 0 bridgehead atoms. The van der Waals surface area contributed by atoms with Gasteiger partial charge in [0.05, 0.1) is 0 Å². The Morgan fingerprint density at radius 1 is 1.12 bits per heavy atom. The van der Waals surface area contributed by atoms with Crippen molar-refractivity contribution in [1.29, 1.82) is 0 Å². The van der Waals surface area contributed by atoms with Gasteiger partial charge in [-0.15, -0.1) is 0 Å². The highest BCUT2D eigenvalue weighted by atomic mass is 16.1. The Hall–Kier alpha value is -1.11. The highest BCUT2D eigenvalue weighted by Gasteiger charge is 2.28. The molecule has 90 valence electrons. The maximum atomic E-state index is 12.2. The van der Waals surface area contributed by atoms with Crippen LogP contribution in [0, 0.1) is 5.92 Å². The number of hydrogen-bond donors (Lipinski definition) is 0. The van der Waals surface area contributed by atoms with Gasteiger partial charge in [-0.25, -0.2) is 0 Å². The second kappa shape index (κ2) is 4.64. The van der Waals surface area contributed by atoms with E-state index in [9.17, 15) is 4.79 Å². The number of carbonyl (C=O) groups excluding carboxylic acids is 1. The summed E-state index contributed by atoms with van der Waals surface area (Å²) in [5.41, 5.74) is 2.91. The molecular weight excluding hydrogens is 208 g/mol. The van der Waals surface area contributed by atoms with Crippen LogP contribution in [-0.4, -0.2) is 5.78 Å². The minimum Gasteiger partial charge on any atom is -0.299 e. The summed E-state index contributed by atoms with van der Waals surface area (Å²) in [6, 6.07) is 8.65. The van der Waals surface area contributed by atoms with Crippen molar-refractivity contribution in [3.63, 3.8) is 0 Å². The van der Waals surface area contributed by atoms with Crippen LogP contribution < -0.4 is 0 Å². The highest BCUT2D eigenvalue weighted by Crippen LogP contribution is 2.37. The molecule has 0 saturated heterocycles. The number of ketones is 1. The molecule has 1 aromatic rings. The van der Waals surface area contributed by atoms with Crippen molar-refractivity contribution in [2.24, 2.45) is 5.92 Å². The zero-order chi connectivity index (χ0) is 11.7. The first-order valence-electron chi connectivity index (χ1n) is 6.95. The Morgan fingerprint density at radius 2 is 1.88 bits per heavy atom. The molecule has 1 atom stereocenters. The smallest absolute Gasteiger partial charge is 0.136 e. The summed E-state index contributed by atoms with van der Waals surface area (Å²) >= 11 is 0. The van der Waals surface area contributed by atoms with Gasteiger partial charge >= 0.3 is 0 Å². The van der Waals surface area contributed by atoms with E-state index in [1.165, 1.54) is 36.8 Å². The van der Waals surface area contributed by atoms with E-state index in [1.54, 1.807) is 0 Å². The molecule has 0 aromatic heterocycles. The third kappa shape index (κ3) is 2.15. The lowest BCUT2D eigenvalue weighted by molar-refractivity contribution is -0.123. The van der Waals surface area contributed by atoms with Crippen molar-refractivity contribution in [3.8, 4) is 0 Å². The number of Topliss-reactive ketones (excluding diaryl/α,β-unsaturated/α-hetero) is 1. The third-order valence-electron chi connectivity index (χ3n) is 4.52. The van der Waals surface area contributed by atoms with Crippen LogP contribution in [-0.2, 0) is 11.2 Å². The summed E-state index contributed by atoms with van der Waals surface area (Å²) in [5, 5.41) is 0. The normalized spacial score (nSPS) is 23.9. The van der Waals surface area contributed by atoms with Crippen molar-refractivity contribution in [2.45, 2.75) is 50.9 Å². The van der Waals surface area contributed by atoms with Gasteiger partial charge in [0.1, 0.15) is 5.78 Å². The fraction of sp³-hybridized carbons (Fsp3) is 0.562. The number of carbonyl (C=O) groups is 1. The molecule has 3 rings (SSSR count). The summed E-state index contributed by atoms with van der Waals surface area (Å²) in [6.45, 7) is 0. The average Bonchev–Trinajstić information content (AvgIpc) is 2.98. The summed E-state index contributed by atoms with van der Waals surface area (Å²) in [4.78, 5) is 12.2. The minimum absolute atomic E-state index is 0.391. The predicted molar refractivity (Wildman–Crippen MR) is 69.1 cm³/mol. The molecule has 0 aliphatic heterocycles. The van der Waals surface area contributed by atoms with E-state index in [0.717, 1.165) is 19.3 Å². The number of hydrogen-bond acceptors (Lipinski definition) is 1. The molecule has 17 heavy (non-hydrogen) atoms. The van der Waals surface area contributed by atoms with Crippen molar-refractivity contribution in [2.75, 3.05) is 0 Å². The van der Waals surface area contributed by atoms with E-state index >= 15 is 0 Å². The Balaban J connectivity index is 1.68. The maximum absolute atomic E-state index is 12.2. The Morgan fingerprint density at radius 3 is 2.71 bits per heavy atom. The lowest BCUT2D eigenvalue weighted by Crippen LogP contribution is -2.13. The van der Waals surface area contributed by atoms with Crippen LogP contribution in [0.1, 0.15) is 55.6 Å². The minimum atomic E-state index is 0.391. The molecule has 1 unspecified atom stereocenters. The fourth-order valence-electron chi connectivity index (χ4n) is 3.51. The zero-order valence-electron chi connectivity index (χ0n) is 10.3. The first-order chi connectivity index (χ1) is 8.34. The van der Waals surface area contributed by atoms with Gasteiger partial charge in [0.2, 0.25) is 0 Å². The topological polar surface area (TPSA) is 17.1 Å². The molecule has 1 nitrogen and oxygen atoms in total. The van der Waals surface area contributed by atoms with E-state index in [1.807, 2.05) is 0 Å². The molecule has 1 fully saturated rings. The molecule has 1 heteroatoms. The first kappa shape index (κ1) is 11.0. The van der Waals surface area contributed by atoms with Gasteiger partial charge in [0.15, 0.2) is 0 Å². The van der Waals surface area contributed by atoms with Gasteiger partial charge in [-0.1, -0.05) is 37.1 Å². The highest BCUT2D eigenvalue weighted by molar-refractivity contribution is 5.82. The van der Waals surface area contributed by atoms with Crippen molar-refractivity contribution < 1.29 is 4.79 Å². The second-order valence-electron chi connectivity index (χ2n) is 5.59. The van der Waals surface area contributed by atoms with Crippen LogP contribution >= 0.6 is 0 Å². The molecule has 2 aliphatic rings. The lowest BCUT2D eigenvalue weighted by Gasteiger charge is -2.13. The van der Waals surface area contributed by atoms with E-state index < -0.39 is 0 Å².